The monoisotopic (exact) mass is 458 g/mol. The van der Waals surface area contributed by atoms with E-state index in [1.54, 1.807) is 32.8 Å². The van der Waals surface area contributed by atoms with Crippen molar-refractivity contribution in [3.05, 3.63) is 39.8 Å². The standard InChI is InChI=1S/C24H30N2O5S/c1-14-15(2)32-21(25-23(29)24(3,4)5)20(14)22(28)31-13-19(27)26-11-7-8-16-12-17(30-6)9-10-18(16)26/h9-10,12H,7-8,11,13H2,1-6H3,(H,25,29). The van der Waals surface area contributed by atoms with E-state index in [1.165, 1.54) is 11.3 Å². The lowest BCUT2D eigenvalue weighted by Crippen LogP contribution is -2.38. The topological polar surface area (TPSA) is 84.9 Å². The molecule has 0 saturated heterocycles. The van der Waals surface area contributed by atoms with Crippen LogP contribution in [0.5, 0.6) is 5.75 Å². The molecule has 0 aliphatic carbocycles. The second kappa shape index (κ2) is 9.32. The number of carbonyl (C=O) groups is 3. The Morgan fingerprint density at radius 3 is 2.56 bits per heavy atom. The number of thiophene rings is 1. The minimum absolute atomic E-state index is 0.191. The molecular formula is C24H30N2O5S. The molecule has 0 spiro atoms. The number of benzene rings is 1. The van der Waals surface area contributed by atoms with Crippen LogP contribution in [0, 0.1) is 19.3 Å². The van der Waals surface area contributed by atoms with Crippen LogP contribution in [0.15, 0.2) is 18.2 Å². The third-order valence-electron chi connectivity index (χ3n) is 5.53. The van der Waals surface area contributed by atoms with Gasteiger partial charge in [-0.25, -0.2) is 4.79 Å². The minimum Gasteiger partial charge on any atom is -0.497 e. The van der Waals surface area contributed by atoms with Crippen LogP contribution in [0.25, 0.3) is 0 Å². The van der Waals surface area contributed by atoms with E-state index in [1.807, 2.05) is 32.0 Å². The number of nitrogens with zero attached hydrogens (tertiary/aromatic N) is 1. The Morgan fingerprint density at radius 2 is 1.91 bits per heavy atom. The molecule has 8 heteroatoms. The minimum atomic E-state index is -0.614. The van der Waals surface area contributed by atoms with Crippen molar-refractivity contribution in [2.75, 3.05) is 30.5 Å². The Labute approximate surface area is 192 Å². The maximum atomic E-state index is 12.9. The third kappa shape index (κ3) is 4.96. The highest BCUT2D eigenvalue weighted by Crippen LogP contribution is 2.34. The number of methoxy groups -OCH3 is 1. The summed E-state index contributed by atoms with van der Waals surface area (Å²) in [6.07, 6.45) is 1.69. The summed E-state index contributed by atoms with van der Waals surface area (Å²) in [7, 11) is 1.61. The van der Waals surface area contributed by atoms with E-state index < -0.39 is 11.4 Å². The van der Waals surface area contributed by atoms with Crippen molar-refractivity contribution in [2.24, 2.45) is 5.41 Å². The summed E-state index contributed by atoms with van der Waals surface area (Å²) < 4.78 is 10.7. The average molecular weight is 459 g/mol. The highest BCUT2D eigenvalue weighted by Gasteiger charge is 2.28. The van der Waals surface area contributed by atoms with Gasteiger partial charge in [0.1, 0.15) is 10.8 Å². The van der Waals surface area contributed by atoms with Gasteiger partial charge in [0, 0.05) is 22.5 Å². The zero-order chi connectivity index (χ0) is 23.6. The number of esters is 1. The lowest BCUT2D eigenvalue weighted by molar-refractivity contribution is -0.123. The number of carbonyl (C=O) groups excluding carboxylic acids is 3. The SMILES string of the molecule is COc1ccc2c(c1)CCCN2C(=O)COC(=O)c1c(NC(=O)C(C)(C)C)sc(C)c1C. The number of hydrogen-bond donors (Lipinski definition) is 1. The van der Waals surface area contributed by atoms with E-state index >= 15 is 0 Å². The van der Waals surface area contributed by atoms with Gasteiger partial charge in [-0.2, -0.15) is 0 Å². The smallest absolute Gasteiger partial charge is 0.341 e. The van der Waals surface area contributed by atoms with Crippen LogP contribution in [0.2, 0.25) is 0 Å². The molecule has 1 N–H and O–H groups in total. The first-order valence-electron chi connectivity index (χ1n) is 10.6. The summed E-state index contributed by atoms with van der Waals surface area (Å²) in [6.45, 7) is 9.30. The highest BCUT2D eigenvalue weighted by molar-refractivity contribution is 7.16. The lowest BCUT2D eigenvalue weighted by atomic mass is 9.96. The van der Waals surface area contributed by atoms with Crippen molar-refractivity contribution in [3.63, 3.8) is 0 Å². The summed E-state index contributed by atoms with van der Waals surface area (Å²) in [4.78, 5) is 40.8. The number of rotatable bonds is 5. The van der Waals surface area contributed by atoms with E-state index in [2.05, 4.69) is 5.32 Å². The van der Waals surface area contributed by atoms with Crippen molar-refractivity contribution in [2.45, 2.75) is 47.5 Å². The zero-order valence-electron chi connectivity index (χ0n) is 19.5. The maximum absolute atomic E-state index is 12.9. The molecule has 0 saturated carbocycles. The van der Waals surface area contributed by atoms with E-state index in [0.717, 1.165) is 40.3 Å². The first kappa shape index (κ1) is 23.8. The molecule has 1 aromatic carbocycles. The Bertz CT molecular complexity index is 1050. The van der Waals surface area contributed by atoms with Crippen LogP contribution in [-0.4, -0.2) is 38.0 Å². The molecule has 7 nitrogen and oxygen atoms in total. The van der Waals surface area contributed by atoms with E-state index in [-0.39, 0.29) is 18.4 Å². The first-order valence-corrected chi connectivity index (χ1v) is 11.4. The quantitative estimate of drug-likeness (QED) is 0.667. The predicted octanol–water partition coefficient (Wildman–Crippen LogP) is 4.49. The fraction of sp³-hybridized carbons (Fsp3) is 0.458. The summed E-state index contributed by atoms with van der Waals surface area (Å²) in [5.41, 5.74) is 2.30. The van der Waals surface area contributed by atoms with Crippen molar-refractivity contribution < 1.29 is 23.9 Å². The normalized spacial score (nSPS) is 13.4. The molecule has 1 aliphatic heterocycles. The van der Waals surface area contributed by atoms with Crippen LogP contribution in [0.4, 0.5) is 10.7 Å². The van der Waals surface area contributed by atoms with E-state index in [0.29, 0.717) is 17.1 Å². The summed E-state index contributed by atoms with van der Waals surface area (Å²) in [6, 6.07) is 5.61. The molecule has 3 rings (SSSR count). The fourth-order valence-corrected chi connectivity index (χ4v) is 4.53. The van der Waals surface area contributed by atoms with Gasteiger partial charge in [-0.05, 0) is 56.0 Å². The molecule has 2 heterocycles. The van der Waals surface area contributed by atoms with Crippen LogP contribution in [0.3, 0.4) is 0 Å². The number of nitrogens with one attached hydrogen (secondary N) is 1. The van der Waals surface area contributed by atoms with Crippen molar-refractivity contribution >= 4 is 39.8 Å². The molecule has 172 valence electrons. The molecule has 1 aliphatic rings. The molecule has 0 bridgehead atoms. The van der Waals surface area contributed by atoms with E-state index in [4.69, 9.17) is 9.47 Å². The van der Waals surface area contributed by atoms with Crippen LogP contribution >= 0.6 is 11.3 Å². The molecule has 0 fully saturated rings. The van der Waals surface area contributed by atoms with Gasteiger partial charge in [-0.15, -0.1) is 11.3 Å². The molecule has 32 heavy (non-hydrogen) atoms. The molecule has 0 radical (unpaired) electrons. The molecule has 0 unspecified atom stereocenters. The van der Waals surface area contributed by atoms with Gasteiger partial charge in [-0.3, -0.25) is 9.59 Å². The fourth-order valence-electron chi connectivity index (χ4n) is 3.49. The van der Waals surface area contributed by atoms with Crippen molar-refractivity contribution in [1.29, 1.82) is 0 Å². The van der Waals surface area contributed by atoms with Gasteiger partial charge in [0.05, 0.1) is 12.7 Å². The van der Waals surface area contributed by atoms with Gasteiger partial charge < -0.3 is 19.7 Å². The van der Waals surface area contributed by atoms with Gasteiger partial charge in [0.15, 0.2) is 6.61 Å². The molecule has 0 atom stereocenters. The molecule has 2 amide bonds. The van der Waals surface area contributed by atoms with Gasteiger partial charge >= 0.3 is 5.97 Å². The Kier molecular flexibility index (Phi) is 6.93. The predicted molar refractivity (Wildman–Crippen MR) is 126 cm³/mol. The molecular weight excluding hydrogens is 428 g/mol. The Hall–Kier alpha value is -2.87. The summed E-state index contributed by atoms with van der Waals surface area (Å²) in [5, 5.41) is 3.29. The van der Waals surface area contributed by atoms with Gasteiger partial charge in [0.25, 0.3) is 5.91 Å². The Morgan fingerprint density at radius 1 is 1.19 bits per heavy atom. The number of aryl methyl sites for hydroxylation is 2. The van der Waals surface area contributed by atoms with Crippen LogP contribution in [0.1, 0.15) is 53.6 Å². The maximum Gasteiger partial charge on any atom is 0.341 e. The van der Waals surface area contributed by atoms with Gasteiger partial charge in [0.2, 0.25) is 5.91 Å². The van der Waals surface area contributed by atoms with Crippen LogP contribution < -0.4 is 15.0 Å². The average Bonchev–Trinajstić information content (AvgIpc) is 3.03. The summed E-state index contributed by atoms with van der Waals surface area (Å²) >= 11 is 1.33. The second-order valence-corrected chi connectivity index (χ2v) is 10.1. The number of fused-ring (bicyclic) bond motifs is 1. The largest absolute Gasteiger partial charge is 0.497 e. The highest BCUT2D eigenvalue weighted by atomic mass is 32.1. The van der Waals surface area contributed by atoms with Crippen molar-refractivity contribution in [1.82, 2.24) is 0 Å². The number of amides is 2. The van der Waals surface area contributed by atoms with Gasteiger partial charge in [-0.1, -0.05) is 20.8 Å². The van der Waals surface area contributed by atoms with Crippen molar-refractivity contribution in [3.8, 4) is 5.75 Å². The summed E-state index contributed by atoms with van der Waals surface area (Å²) in [5.74, 6) is -0.340. The number of ether oxygens (including phenoxy) is 2. The lowest BCUT2D eigenvalue weighted by Gasteiger charge is -2.29. The number of hydrogen-bond acceptors (Lipinski definition) is 6. The zero-order valence-corrected chi connectivity index (χ0v) is 20.3. The third-order valence-corrected chi connectivity index (χ3v) is 6.65. The number of anilines is 2. The van der Waals surface area contributed by atoms with Crippen LogP contribution in [-0.2, 0) is 20.7 Å². The molecule has 1 aromatic heterocycles. The Balaban J connectivity index is 1.73. The first-order chi connectivity index (χ1) is 15.0. The molecule has 2 aromatic rings. The van der Waals surface area contributed by atoms with E-state index in [9.17, 15) is 14.4 Å². The second-order valence-electron chi connectivity index (χ2n) is 8.91.